The van der Waals surface area contributed by atoms with Gasteiger partial charge in [0.25, 0.3) is 0 Å². The highest BCUT2D eigenvalue weighted by Crippen LogP contribution is 2.27. The van der Waals surface area contributed by atoms with E-state index >= 15 is 0 Å². The van der Waals surface area contributed by atoms with Gasteiger partial charge in [-0.3, -0.25) is 4.90 Å². The number of pyridine rings is 1. The molecular formula is C15H23Cl2N3. The highest BCUT2D eigenvalue weighted by Gasteiger charge is 2.27. The number of aryl methyl sites for hydroxylation is 1. The van der Waals surface area contributed by atoms with Crippen molar-refractivity contribution >= 4 is 23.2 Å². The van der Waals surface area contributed by atoms with Crippen LogP contribution in [-0.2, 0) is 6.54 Å². The van der Waals surface area contributed by atoms with E-state index in [0.29, 0.717) is 17.2 Å². The first-order valence-corrected chi connectivity index (χ1v) is 8.09. The predicted molar refractivity (Wildman–Crippen MR) is 85.6 cm³/mol. The van der Waals surface area contributed by atoms with Gasteiger partial charge in [0.1, 0.15) is 5.15 Å². The molecule has 0 saturated carbocycles. The highest BCUT2D eigenvalue weighted by atomic mass is 35.5. The average molecular weight is 316 g/mol. The maximum Gasteiger partial charge on any atom is 0.135 e. The van der Waals surface area contributed by atoms with Crippen LogP contribution < -0.4 is 5.32 Å². The number of rotatable bonds is 4. The summed E-state index contributed by atoms with van der Waals surface area (Å²) in [6.07, 6.45) is 2.26. The summed E-state index contributed by atoms with van der Waals surface area (Å²) in [4.78, 5) is 6.81. The third-order valence-corrected chi connectivity index (χ3v) is 4.74. The van der Waals surface area contributed by atoms with Gasteiger partial charge >= 0.3 is 0 Å². The van der Waals surface area contributed by atoms with E-state index in [1.54, 1.807) is 0 Å². The summed E-state index contributed by atoms with van der Waals surface area (Å²) in [6.45, 7) is 9.20. The molecule has 1 aromatic heterocycles. The molecule has 0 bridgehead atoms. The van der Waals surface area contributed by atoms with E-state index in [9.17, 15) is 0 Å². The molecule has 3 nitrogen and oxygen atoms in total. The van der Waals surface area contributed by atoms with Crippen LogP contribution in [0, 0.1) is 6.92 Å². The lowest BCUT2D eigenvalue weighted by atomic mass is 10.0. The third kappa shape index (κ3) is 3.64. The van der Waals surface area contributed by atoms with Gasteiger partial charge in [0.2, 0.25) is 0 Å². The fourth-order valence-corrected chi connectivity index (χ4v) is 3.42. The van der Waals surface area contributed by atoms with Gasteiger partial charge in [0.15, 0.2) is 0 Å². The number of nitrogens with zero attached hydrogens (tertiary/aromatic N) is 2. The Morgan fingerprint density at radius 2 is 2.10 bits per heavy atom. The maximum absolute atomic E-state index is 6.35. The Kier molecular flexibility index (Phi) is 5.67. The molecule has 0 radical (unpaired) electrons. The van der Waals surface area contributed by atoms with E-state index in [1.165, 1.54) is 0 Å². The standard InChI is InChI=1S/C15H23Cl2N3/c1-4-11-8-20(12(5-2)7-18-11)9-13-14(16)6-10(3)19-15(13)17/h6,11-12,18H,4-5,7-9H2,1-3H3. The van der Waals surface area contributed by atoms with Crippen molar-refractivity contribution in [3.63, 3.8) is 0 Å². The summed E-state index contributed by atoms with van der Waals surface area (Å²) >= 11 is 12.6. The molecule has 0 aromatic carbocycles. The van der Waals surface area contributed by atoms with Crippen molar-refractivity contribution in [2.75, 3.05) is 13.1 Å². The first-order valence-electron chi connectivity index (χ1n) is 7.34. The van der Waals surface area contributed by atoms with Crippen LogP contribution in [0.2, 0.25) is 10.2 Å². The molecule has 1 saturated heterocycles. The zero-order valence-corrected chi connectivity index (χ0v) is 13.9. The van der Waals surface area contributed by atoms with Crippen LogP contribution in [0.1, 0.15) is 37.9 Å². The molecule has 1 aromatic rings. The molecule has 1 N–H and O–H groups in total. The van der Waals surface area contributed by atoms with E-state index in [-0.39, 0.29) is 0 Å². The largest absolute Gasteiger partial charge is 0.311 e. The lowest BCUT2D eigenvalue weighted by Gasteiger charge is -2.40. The molecule has 1 fully saturated rings. The van der Waals surface area contributed by atoms with Crippen LogP contribution in [0.4, 0.5) is 0 Å². The molecule has 112 valence electrons. The lowest BCUT2D eigenvalue weighted by Crippen LogP contribution is -2.55. The van der Waals surface area contributed by atoms with Crippen molar-refractivity contribution in [2.45, 2.75) is 52.2 Å². The number of hydrogen-bond acceptors (Lipinski definition) is 3. The zero-order valence-electron chi connectivity index (χ0n) is 12.4. The Bertz CT molecular complexity index is 441. The fourth-order valence-electron chi connectivity index (χ4n) is 2.77. The van der Waals surface area contributed by atoms with Crippen molar-refractivity contribution in [3.8, 4) is 0 Å². The van der Waals surface area contributed by atoms with Crippen LogP contribution in [0.15, 0.2) is 6.07 Å². The SMILES string of the molecule is CCC1CN(Cc2c(Cl)cc(C)nc2Cl)C(CC)CN1. The minimum absolute atomic E-state index is 0.534. The minimum atomic E-state index is 0.534. The number of piperazine rings is 1. The Hall–Kier alpha value is -0.350. The molecule has 0 aliphatic carbocycles. The van der Waals surface area contributed by atoms with Gasteiger partial charge in [-0.05, 0) is 25.8 Å². The van der Waals surface area contributed by atoms with E-state index < -0.39 is 0 Å². The first-order chi connectivity index (χ1) is 9.55. The summed E-state index contributed by atoms with van der Waals surface area (Å²) in [5, 5.41) is 4.86. The van der Waals surface area contributed by atoms with Gasteiger partial charge in [-0.25, -0.2) is 4.98 Å². The van der Waals surface area contributed by atoms with Crippen molar-refractivity contribution < 1.29 is 0 Å². The average Bonchev–Trinajstić information content (AvgIpc) is 2.42. The zero-order chi connectivity index (χ0) is 14.7. The normalized spacial score (nSPS) is 24.1. The van der Waals surface area contributed by atoms with Crippen LogP contribution in [0.3, 0.4) is 0 Å². The Balaban J connectivity index is 2.18. The number of halogens is 2. The summed E-state index contributed by atoms with van der Waals surface area (Å²) in [5.41, 5.74) is 1.82. The summed E-state index contributed by atoms with van der Waals surface area (Å²) in [7, 11) is 0. The van der Waals surface area contributed by atoms with Gasteiger partial charge in [0, 0.05) is 48.0 Å². The van der Waals surface area contributed by atoms with E-state index in [4.69, 9.17) is 23.2 Å². The maximum atomic E-state index is 6.35. The molecule has 2 atom stereocenters. The minimum Gasteiger partial charge on any atom is -0.311 e. The predicted octanol–water partition coefficient (Wildman–Crippen LogP) is 3.66. The second-order valence-corrected chi connectivity index (χ2v) is 6.28. The Morgan fingerprint density at radius 3 is 2.70 bits per heavy atom. The smallest absolute Gasteiger partial charge is 0.135 e. The second-order valence-electron chi connectivity index (χ2n) is 5.52. The van der Waals surface area contributed by atoms with E-state index in [1.807, 2.05) is 13.0 Å². The molecule has 1 aliphatic heterocycles. The Morgan fingerprint density at radius 1 is 1.35 bits per heavy atom. The molecule has 0 spiro atoms. The number of nitrogens with one attached hydrogen (secondary N) is 1. The summed E-state index contributed by atoms with van der Waals surface area (Å²) in [5.74, 6) is 0. The van der Waals surface area contributed by atoms with Crippen LogP contribution in [0.5, 0.6) is 0 Å². The van der Waals surface area contributed by atoms with Gasteiger partial charge in [-0.1, -0.05) is 37.0 Å². The third-order valence-electron chi connectivity index (χ3n) is 4.09. The number of hydrogen-bond donors (Lipinski definition) is 1. The molecule has 2 unspecified atom stereocenters. The number of aromatic nitrogens is 1. The quantitative estimate of drug-likeness (QED) is 0.859. The molecule has 5 heteroatoms. The van der Waals surface area contributed by atoms with E-state index in [2.05, 4.69) is 29.0 Å². The van der Waals surface area contributed by atoms with Crippen molar-refractivity contribution in [3.05, 3.63) is 27.5 Å². The van der Waals surface area contributed by atoms with Crippen LogP contribution in [0.25, 0.3) is 0 Å². The van der Waals surface area contributed by atoms with Gasteiger partial charge in [0.05, 0.1) is 0 Å². The highest BCUT2D eigenvalue weighted by molar-refractivity contribution is 6.35. The summed E-state index contributed by atoms with van der Waals surface area (Å²) in [6, 6.07) is 2.98. The topological polar surface area (TPSA) is 28.2 Å². The van der Waals surface area contributed by atoms with E-state index in [0.717, 1.165) is 48.8 Å². The second kappa shape index (κ2) is 7.08. The summed E-state index contributed by atoms with van der Waals surface area (Å²) < 4.78 is 0. The Labute approximate surface area is 131 Å². The lowest BCUT2D eigenvalue weighted by molar-refractivity contribution is 0.117. The molecule has 1 aliphatic rings. The molecule has 2 heterocycles. The van der Waals surface area contributed by atoms with Gasteiger partial charge in [-0.15, -0.1) is 0 Å². The van der Waals surface area contributed by atoms with Crippen molar-refractivity contribution in [2.24, 2.45) is 0 Å². The molecule has 0 amide bonds. The molecule has 20 heavy (non-hydrogen) atoms. The van der Waals surface area contributed by atoms with Gasteiger partial charge in [-0.2, -0.15) is 0 Å². The van der Waals surface area contributed by atoms with Crippen LogP contribution in [-0.4, -0.2) is 35.1 Å². The van der Waals surface area contributed by atoms with Gasteiger partial charge < -0.3 is 5.32 Å². The van der Waals surface area contributed by atoms with Crippen molar-refractivity contribution in [1.29, 1.82) is 0 Å². The first kappa shape index (κ1) is 16.0. The monoisotopic (exact) mass is 315 g/mol. The van der Waals surface area contributed by atoms with Crippen LogP contribution >= 0.6 is 23.2 Å². The molecule has 2 rings (SSSR count). The molecular weight excluding hydrogens is 293 g/mol. The fraction of sp³-hybridized carbons (Fsp3) is 0.667. The van der Waals surface area contributed by atoms with Crippen molar-refractivity contribution in [1.82, 2.24) is 15.2 Å².